The van der Waals surface area contributed by atoms with Gasteiger partial charge in [0.2, 0.25) is 0 Å². The summed E-state index contributed by atoms with van der Waals surface area (Å²) in [4.78, 5) is 0. The van der Waals surface area contributed by atoms with Gasteiger partial charge in [-0.3, -0.25) is 0 Å². The molecular weight excluding hydrogens is 268 g/mol. The van der Waals surface area contributed by atoms with Crippen molar-refractivity contribution in [3.8, 4) is 0 Å². The standard InChI is InChI=1S/C20H24N2/c1-15(2)19(17-11-7-5-8-12-17)21-22-20(16(3)4)18-13-9-6-10-14-18/h5-16H,1-4H3. The zero-order valence-corrected chi connectivity index (χ0v) is 13.8. The Bertz CT molecular complexity index is 578. The lowest BCUT2D eigenvalue weighted by atomic mass is 10.00. The van der Waals surface area contributed by atoms with Crippen LogP contribution < -0.4 is 0 Å². The largest absolute Gasteiger partial charge is 0.154 e. The predicted octanol–water partition coefficient (Wildman–Crippen LogP) is 5.19. The summed E-state index contributed by atoms with van der Waals surface area (Å²) in [6.07, 6.45) is 0. The van der Waals surface area contributed by atoms with Gasteiger partial charge in [0.25, 0.3) is 0 Å². The Kier molecular flexibility index (Phi) is 5.65. The van der Waals surface area contributed by atoms with E-state index in [-0.39, 0.29) is 0 Å². The molecule has 0 saturated carbocycles. The van der Waals surface area contributed by atoms with Crippen LogP contribution in [0.3, 0.4) is 0 Å². The second-order valence-electron chi connectivity index (χ2n) is 6.01. The van der Waals surface area contributed by atoms with E-state index in [1.807, 2.05) is 36.4 Å². The van der Waals surface area contributed by atoms with Gasteiger partial charge in [-0.15, -0.1) is 0 Å². The lowest BCUT2D eigenvalue weighted by Gasteiger charge is -2.11. The molecule has 0 N–H and O–H groups in total. The predicted molar refractivity (Wildman–Crippen MR) is 95.6 cm³/mol. The molecule has 2 heteroatoms. The highest BCUT2D eigenvalue weighted by Crippen LogP contribution is 2.13. The summed E-state index contributed by atoms with van der Waals surface area (Å²) in [7, 11) is 0. The molecule has 0 heterocycles. The fraction of sp³-hybridized carbons (Fsp3) is 0.300. The minimum absolute atomic E-state index is 0.329. The lowest BCUT2D eigenvalue weighted by Crippen LogP contribution is -2.12. The van der Waals surface area contributed by atoms with Crippen LogP contribution >= 0.6 is 0 Å². The van der Waals surface area contributed by atoms with E-state index in [1.165, 1.54) is 0 Å². The van der Waals surface area contributed by atoms with Gasteiger partial charge < -0.3 is 0 Å². The van der Waals surface area contributed by atoms with Crippen LogP contribution in [0, 0.1) is 11.8 Å². The van der Waals surface area contributed by atoms with Crippen molar-refractivity contribution in [3.05, 3.63) is 71.8 Å². The molecule has 2 aromatic rings. The van der Waals surface area contributed by atoms with Gasteiger partial charge in [-0.2, -0.15) is 10.2 Å². The third-order valence-electron chi connectivity index (χ3n) is 3.50. The molecular formula is C20H24N2. The molecule has 0 aliphatic carbocycles. The molecule has 0 amide bonds. The van der Waals surface area contributed by atoms with E-state index in [2.05, 4.69) is 62.2 Å². The molecule has 0 aromatic heterocycles. The van der Waals surface area contributed by atoms with Crippen molar-refractivity contribution >= 4 is 11.4 Å². The summed E-state index contributed by atoms with van der Waals surface area (Å²) in [5, 5.41) is 9.19. The number of hydrogen-bond donors (Lipinski definition) is 0. The first-order valence-corrected chi connectivity index (χ1v) is 7.86. The normalized spacial score (nSPS) is 13.0. The first-order valence-electron chi connectivity index (χ1n) is 7.86. The summed E-state index contributed by atoms with van der Waals surface area (Å²) < 4.78 is 0. The van der Waals surface area contributed by atoms with E-state index < -0.39 is 0 Å². The van der Waals surface area contributed by atoms with E-state index in [1.54, 1.807) is 0 Å². The first-order chi connectivity index (χ1) is 10.6. The fourth-order valence-corrected chi connectivity index (χ4v) is 2.34. The maximum absolute atomic E-state index is 4.60. The van der Waals surface area contributed by atoms with Gasteiger partial charge >= 0.3 is 0 Å². The quantitative estimate of drug-likeness (QED) is 0.535. The highest BCUT2D eigenvalue weighted by molar-refractivity contribution is 6.04. The van der Waals surface area contributed by atoms with Crippen molar-refractivity contribution in [1.82, 2.24) is 0 Å². The van der Waals surface area contributed by atoms with E-state index in [0.29, 0.717) is 11.8 Å². The molecule has 0 radical (unpaired) electrons. The van der Waals surface area contributed by atoms with Crippen LogP contribution in [-0.2, 0) is 0 Å². The van der Waals surface area contributed by atoms with Crippen LogP contribution in [0.2, 0.25) is 0 Å². The Balaban J connectivity index is 2.42. The van der Waals surface area contributed by atoms with Crippen LogP contribution in [0.4, 0.5) is 0 Å². The zero-order valence-electron chi connectivity index (χ0n) is 13.8. The molecule has 0 saturated heterocycles. The average molecular weight is 292 g/mol. The smallest absolute Gasteiger partial charge is 0.0728 e. The molecule has 0 atom stereocenters. The summed E-state index contributed by atoms with van der Waals surface area (Å²) in [6, 6.07) is 20.6. The summed E-state index contributed by atoms with van der Waals surface area (Å²) >= 11 is 0. The van der Waals surface area contributed by atoms with Crippen molar-refractivity contribution in [2.45, 2.75) is 27.7 Å². The monoisotopic (exact) mass is 292 g/mol. The van der Waals surface area contributed by atoms with Crippen LogP contribution in [0.1, 0.15) is 38.8 Å². The highest BCUT2D eigenvalue weighted by Gasteiger charge is 2.11. The molecule has 0 bridgehead atoms. The van der Waals surface area contributed by atoms with Crippen LogP contribution in [-0.4, -0.2) is 11.4 Å². The fourth-order valence-electron chi connectivity index (χ4n) is 2.34. The Hall–Kier alpha value is -2.22. The van der Waals surface area contributed by atoms with Gasteiger partial charge in [-0.1, -0.05) is 88.4 Å². The molecule has 114 valence electrons. The molecule has 2 aromatic carbocycles. The van der Waals surface area contributed by atoms with Crippen LogP contribution in [0.5, 0.6) is 0 Å². The maximum Gasteiger partial charge on any atom is 0.0728 e. The molecule has 0 aliphatic rings. The topological polar surface area (TPSA) is 24.7 Å². The SMILES string of the molecule is CC(C)C(=NN=C(c1ccccc1)C(C)C)c1ccccc1. The van der Waals surface area contributed by atoms with Crippen LogP contribution in [0.15, 0.2) is 70.9 Å². The Morgan fingerprint density at radius 3 is 1.18 bits per heavy atom. The molecule has 0 unspecified atom stereocenters. The number of benzene rings is 2. The third kappa shape index (κ3) is 4.14. The van der Waals surface area contributed by atoms with Gasteiger partial charge in [-0.05, 0) is 23.0 Å². The van der Waals surface area contributed by atoms with E-state index in [4.69, 9.17) is 0 Å². The van der Waals surface area contributed by atoms with Crippen molar-refractivity contribution in [1.29, 1.82) is 0 Å². The molecule has 0 spiro atoms. The lowest BCUT2D eigenvalue weighted by molar-refractivity contribution is 0.859. The Morgan fingerprint density at radius 2 is 0.909 bits per heavy atom. The summed E-state index contributed by atoms with van der Waals surface area (Å²) in [5.41, 5.74) is 4.32. The molecule has 2 rings (SSSR count). The van der Waals surface area contributed by atoms with E-state index in [9.17, 15) is 0 Å². The zero-order chi connectivity index (χ0) is 15.9. The third-order valence-corrected chi connectivity index (χ3v) is 3.50. The molecule has 22 heavy (non-hydrogen) atoms. The molecule has 0 fully saturated rings. The highest BCUT2D eigenvalue weighted by atomic mass is 15.2. The average Bonchev–Trinajstić information content (AvgIpc) is 2.52. The summed E-state index contributed by atoms with van der Waals surface area (Å²) in [6.45, 7) is 8.61. The van der Waals surface area contributed by atoms with Crippen LogP contribution in [0.25, 0.3) is 0 Å². The maximum atomic E-state index is 4.60. The van der Waals surface area contributed by atoms with Gasteiger partial charge in [0, 0.05) is 0 Å². The van der Waals surface area contributed by atoms with Gasteiger partial charge in [0.1, 0.15) is 0 Å². The first kappa shape index (κ1) is 16.2. The Labute approximate surface area is 133 Å². The molecule has 2 nitrogen and oxygen atoms in total. The van der Waals surface area contributed by atoms with Crippen molar-refractivity contribution in [3.63, 3.8) is 0 Å². The minimum Gasteiger partial charge on any atom is -0.154 e. The number of hydrogen-bond acceptors (Lipinski definition) is 2. The Morgan fingerprint density at radius 1 is 0.591 bits per heavy atom. The van der Waals surface area contributed by atoms with Crippen molar-refractivity contribution in [2.75, 3.05) is 0 Å². The van der Waals surface area contributed by atoms with Gasteiger partial charge in [-0.25, -0.2) is 0 Å². The minimum atomic E-state index is 0.329. The number of nitrogens with zero attached hydrogens (tertiary/aromatic N) is 2. The second-order valence-corrected chi connectivity index (χ2v) is 6.01. The van der Waals surface area contributed by atoms with Crippen molar-refractivity contribution < 1.29 is 0 Å². The molecule has 0 aliphatic heterocycles. The van der Waals surface area contributed by atoms with Gasteiger partial charge in [0.15, 0.2) is 0 Å². The van der Waals surface area contributed by atoms with E-state index in [0.717, 1.165) is 22.6 Å². The van der Waals surface area contributed by atoms with E-state index >= 15 is 0 Å². The van der Waals surface area contributed by atoms with Crippen molar-refractivity contribution in [2.24, 2.45) is 22.0 Å². The van der Waals surface area contributed by atoms with Gasteiger partial charge in [0.05, 0.1) is 11.4 Å². The summed E-state index contributed by atoms with van der Waals surface area (Å²) in [5.74, 6) is 0.658. The number of rotatable bonds is 5. The second kappa shape index (κ2) is 7.69.